The number of ether oxygens (including phenoxy) is 2. The molecule has 0 bridgehead atoms. The number of aryl methyl sites for hydroxylation is 2. The lowest BCUT2D eigenvalue weighted by molar-refractivity contribution is -0.139. The number of carboxylic acids is 1. The summed E-state index contributed by atoms with van der Waals surface area (Å²) in [4.78, 5) is 22.6. The molecule has 2 aromatic carbocycles. The number of benzene rings is 2. The molecule has 0 fully saturated rings. The van der Waals surface area contributed by atoms with Crippen LogP contribution in [0.25, 0.3) is 0 Å². The van der Waals surface area contributed by atoms with Crippen LogP contribution in [0.1, 0.15) is 17.5 Å². The first-order chi connectivity index (χ1) is 12.0. The second-order valence-electron chi connectivity index (χ2n) is 5.56. The normalized spacial score (nSPS) is 10.2. The van der Waals surface area contributed by atoms with Crippen molar-refractivity contribution < 1.29 is 24.2 Å². The van der Waals surface area contributed by atoms with Crippen LogP contribution >= 0.6 is 0 Å². The summed E-state index contributed by atoms with van der Waals surface area (Å²) >= 11 is 0. The van der Waals surface area contributed by atoms with Crippen LogP contribution in [0.2, 0.25) is 0 Å². The fourth-order valence-electron chi connectivity index (χ4n) is 2.27. The highest BCUT2D eigenvalue weighted by Crippen LogP contribution is 2.22. The van der Waals surface area contributed by atoms with Crippen molar-refractivity contribution in [3.63, 3.8) is 0 Å². The summed E-state index contributed by atoms with van der Waals surface area (Å²) in [6, 6.07) is 12.6. The maximum atomic E-state index is 12.1. The van der Waals surface area contributed by atoms with Crippen LogP contribution < -0.4 is 14.8 Å². The summed E-state index contributed by atoms with van der Waals surface area (Å²) in [5.41, 5.74) is 2.55. The zero-order chi connectivity index (χ0) is 18.2. The van der Waals surface area contributed by atoms with Crippen LogP contribution in [0.15, 0.2) is 42.5 Å². The first-order valence-electron chi connectivity index (χ1n) is 7.86. The van der Waals surface area contributed by atoms with Gasteiger partial charge in [-0.15, -0.1) is 0 Å². The minimum Gasteiger partial charge on any atom is -0.497 e. The number of hydrogen-bond acceptors (Lipinski definition) is 4. The number of hydrogen-bond donors (Lipinski definition) is 2. The number of nitrogens with one attached hydrogen (secondary N) is 1. The van der Waals surface area contributed by atoms with E-state index in [9.17, 15) is 9.59 Å². The van der Waals surface area contributed by atoms with Gasteiger partial charge in [0.25, 0.3) is 0 Å². The number of amides is 1. The fraction of sp³-hybridized carbons (Fsp3) is 0.263. The van der Waals surface area contributed by atoms with Crippen molar-refractivity contribution in [2.45, 2.75) is 19.8 Å². The quantitative estimate of drug-likeness (QED) is 0.769. The van der Waals surface area contributed by atoms with Gasteiger partial charge < -0.3 is 19.9 Å². The summed E-state index contributed by atoms with van der Waals surface area (Å²) in [7, 11) is 1.61. The molecule has 2 aromatic rings. The predicted molar refractivity (Wildman–Crippen MR) is 94.3 cm³/mol. The van der Waals surface area contributed by atoms with Gasteiger partial charge in [-0.25, -0.2) is 4.79 Å². The Kier molecular flexibility index (Phi) is 6.39. The molecule has 0 aromatic heterocycles. The number of carbonyl (C=O) groups excluding carboxylic acids is 1. The van der Waals surface area contributed by atoms with Gasteiger partial charge in [0.2, 0.25) is 5.91 Å². The number of carboxylic acid groups (broad SMARTS) is 1. The Morgan fingerprint density at radius 2 is 1.76 bits per heavy atom. The average molecular weight is 343 g/mol. The molecule has 0 unspecified atom stereocenters. The largest absolute Gasteiger partial charge is 0.497 e. The first kappa shape index (κ1) is 18.3. The lowest BCUT2D eigenvalue weighted by atomic mass is 10.1. The molecule has 0 radical (unpaired) electrons. The van der Waals surface area contributed by atoms with Gasteiger partial charge >= 0.3 is 5.97 Å². The number of aliphatic carboxylic acids is 1. The Hall–Kier alpha value is -3.02. The molecular weight excluding hydrogens is 322 g/mol. The van der Waals surface area contributed by atoms with Gasteiger partial charge in [-0.3, -0.25) is 4.79 Å². The van der Waals surface area contributed by atoms with Crippen molar-refractivity contribution in [2.24, 2.45) is 0 Å². The molecule has 0 atom stereocenters. The number of rotatable bonds is 8. The van der Waals surface area contributed by atoms with Crippen molar-refractivity contribution in [2.75, 3.05) is 19.0 Å². The van der Waals surface area contributed by atoms with Gasteiger partial charge in [0.05, 0.1) is 7.11 Å². The molecule has 25 heavy (non-hydrogen) atoms. The molecule has 0 aliphatic carbocycles. The highest BCUT2D eigenvalue weighted by atomic mass is 16.5. The summed E-state index contributed by atoms with van der Waals surface area (Å²) in [5, 5.41) is 11.5. The molecule has 2 rings (SSSR count). The average Bonchev–Trinajstić information content (AvgIpc) is 2.60. The molecule has 1 amide bonds. The lowest BCUT2D eigenvalue weighted by Gasteiger charge is -2.11. The number of anilines is 1. The lowest BCUT2D eigenvalue weighted by Crippen LogP contribution is -2.13. The van der Waals surface area contributed by atoms with E-state index >= 15 is 0 Å². The van der Waals surface area contributed by atoms with Gasteiger partial charge in [0.1, 0.15) is 11.5 Å². The fourth-order valence-corrected chi connectivity index (χ4v) is 2.27. The maximum absolute atomic E-state index is 12.1. The second kappa shape index (κ2) is 8.73. The zero-order valence-corrected chi connectivity index (χ0v) is 14.2. The van der Waals surface area contributed by atoms with Gasteiger partial charge in [-0.05, 0) is 54.8 Å². The Morgan fingerprint density at radius 3 is 2.36 bits per heavy atom. The Labute approximate surface area is 146 Å². The third-order valence-electron chi connectivity index (χ3n) is 3.63. The van der Waals surface area contributed by atoms with E-state index < -0.39 is 12.6 Å². The summed E-state index contributed by atoms with van der Waals surface area (Å²) in [6.07, 6.45) is 0.998. The van der Waals surface area contributed by atoms with Gasteiger partial charge in [0, 0.05) is 12.1 Å². The number of methoxy groups -OCH3 is 1. The summed E-state index contributed by atoms with van der Waals surface area (Å²) in [5.74, 6) is 0.122. The van der Waals surface area contributed by atoms with E-state index in [0.717, 1.165) is 16.9 Å². The SMILES string of the molecule is COc1ccc(CCC(=O)Nc2ccc(OCC(=O)O)cc2C)cc1. The smallest absolute Gasteiger partial charge is 0.341 e. The third-order valence-corrected chi connectivity index (χ3v) is 3.63. The van der Waals surface area contributed by atoms with E-state index in [-0.39, 0.29) is 5.91 Å². The Balaban J connectivity index is 1.87. The van der Waals surface area contributed by atoms with Crippen LogP contribution in [0.5, 0.6) is 11.5 Å². The van der Waals surface area contributed by atoms with Crippen LogP contribution in [0.3, 0.4) is 0 Å². The van der Waals surface area contributed by atoms with Crippen molar-refractivity contribution in [1.29, 1.82) is 0 Å². The minimum atomic E-state index is -1.03. The minimum absolute atomic E-state index is 0.0851. The highest BCUT2D eigenvalue weighted by Gasteiger charge is 2.07. The topological polar surface area (TPSA) is 84.9 Å². The molecule has 132 valence electrons. The van der Waals surface area contributed by atoms with E-state index in [1.807, 2.05) is 31.2 Å². The summed E-state index contributed by atoms with van der Waals surface area (Å²) < 4.78 is 10.2. The standard InChI is InChI=1S/C19H21NO5/c1-13-11-16(25-12-19(22)23)8-9-17(13)20-18(21)10-5-14-3-6-15(24-2)7-4-14/h3-4,6-9,11H,5,10,12H2,1-2H3,(H,20,21)(H,22,23). The van der Waals surface area contributed by atoms with Crippen molar-refractivity contribution >= 4 is 17.6 Å². The van der Waals surface area contributed by atoms with Crippen molar-refractivity contribution in [3.8, 4) is 11.5 Å². The zero-order valence-electron chi connectivity index (χ0n) is 14.2. The molecule has 2 N–H and O–H groups in total. The van der Waals surface area contributed by atoms with Gasteiger partial charge in [-0.2, -0.15) is 0 Å². The molecule has 0 aliphatic heterocycles. The van der Waals surface area contributed by atoms with E-state index in [1.165, 1.54) is 0 Å². The molecule has 0 aliphatic rings. The predicted octanol–water partition coefficient (Wildman–Crippen LogP) is 3.04. The molecule has 0 saturated carbocycles. The number of carbonyl (C=O) groups is 2. The summed E-state index contributed by atoms with van der Waals surface area (Å²) in [6.45, 7) is 1.43. The monoisotopic (exact) mass is 343 g/mol. The van der Waals surface area contributed by atoms with Crippen molar-refractivity contribution in [1.82, 2.24) is 0 Å². The van der Waals surface area contributed by atoms with Gasteiger partial charge in [0.15, 0.2) is 6.61 Å². The Morgan fingerprint density at radius 1 is 1.08 bits per heavy atom. The first-order valence-corrected chi connectivity index (χ1v) is 7.86. The van der Waals surface area contributed by atoms with E-state index in [2.05, 4.69) is 5.32 Å². The molecule has 0 heterocycles. The van der Waals surface area contributed by atoms with Crippen LogP contribution in [0.4, 0.5) is 5.69 Å². The van der Waals surface area contributed by atoms with E-state index in [1.54, 1.807) is 25.3 Å². The third kappa shape index (κ3) is 5.84. The van der Waals surface area contributed by atoms with Crippen LogP contribution in [-0.4, -0.2) is 30.7 Å². The molecule has 0 spiro atoms. The molecule has 0 saturated heterocycles. The van der Waals surface area contributed by atoms with Crippen LogP contribution in [-0.2, 0) is 16.0 Å². The van der Waals surface area contributed by atoms with Gasteiger partial charge in [-0.1, -0.05) is 12.1 Å². The maximum Gasteiger partial charge on any atom is 0.341 e. The Bertz CT molecular complexity index is 740. The van der Waals surface area contributed by atoms with Crippen LogP contribution in [0, 0.1) is 6.92 Å². The van der Waals surface area contributed by atoms with E-state index in [4.69, 9.17) is 14.6 Å². The molecule has 6 nitrogen and oxygen atoms in total. The molecular formula is C19H21NO5. The van der Waals surface area contributed by atoms with Crippen molar-refractivity contribution in [3.05, 3.63) is 53.6 Å². The second-order valence-corrected chi connectivity index (χ2v) is 5.56. The molecule has 6 heteroatoms. The van der Waals surface area contributed by atoms with E-state index in [0.29, 0.717) is 24.3 Å². The highest BCUT2D eigenvalue weighted by molar-refractivity contribution is 5.91.